The van der Waals surface area contributed by atoms with Crippen molar-refractivity contribution in [2.45, 2.75) is 38.3 Å². The van der Waals surface area contributed by atoms with Gasteiger partial charge < -0.3 is 4.74 Å². The van der Waals surface area contributed by atoms with Crippen LogP contribution in [0.2, 0.25) is 0 Å². The summed E-state index contributed by atoms with van der Waals surface area (Å²) in [6, 6.07) is -0.0716. The first-order chi connectivity index (χ1) is 8.13. The van der Waals surface area contributed by atoms with Gasteiger partial charge in [-0.2, -0.15) is 5.10 Å². The molecule has 5 nitrogen and oxygen atoms in total. The Bertz CT molecular complexity index is 414. The Balaban J connectivity index is 2.11. The fraction of sp³-hybridized carbons (Fsp3) is 0.667. The lowest BCUT2D eigenvalue weighted by Crippen LogP contribution is -2.38. The van der Waals surface area contributed by atoms with Gasteiger partial charge in [-0.3, -0.25) is 14.8 Å². The molecule has 2 atom stereocenters. The molecule has 0 aliphatic heterocycles. The topological polar surface area (TPSA) is 56.1 Å². The lowest BCUT2D eigenvalue weighted by atomic mass is 9.92. The smallest absolute Gasteiger partial charge is 0.322 e. The second-order valence-electron chi connectivity index (χ2n) is 4.53. The first kappa shape index (κ1) is 12.1. The fourth-order valence-electron chi connectivity index (χ4n) is 2.43. The van der Waals surface area contributed by atoms with E-state index in [9.17, 15) is 4.79 Å². The number of esters is 1. The van der Waals surface area contributed by atoms with Gasteiger partial charge in [0.1, 0.15) is 6.04 Å². The molecular weight excluding hydrogens is 218 g/mol. The van der Waals surface area contributed by atoms with Crippen LogP contribution >= 0.6 is 0 Å². The van der Waals surface area contributed by atoms with Crippen molar-refractivity contribution in [1.82, 2.24) is 15.1 Å². The third-order valence-electron chi connectivity index (χ3n) is 3.38. The zero-order valence-electron chi connectivity index (χ0n) is 10.6. The van der Waals surface area contributed by atoms with E-state index in [-0.39, 0.29) is 18.1 Å². The maximum Gasteiger partial charge on any atom is 0.322 e. The van der Waals surface area contributed by atoms with Crippen molar-refractivity contribution in [3.05, 3.63) is 17.5 Å². The molecule has 5 heteroatoms. The van der Waals surface area contributed by atoms with Gasteiger partial charge >= 0.3 is 5.97 Å². The van der Waals surface area contributed by atoms with Gasteiger partial charge in [0.2, 0.25) is 0 Å². The van der Waals surface area contributed by atoms with Gasteiger partial charge in [-0.15, -0.1) is 0 Å². The molecule has 0 bridgehead atoms. The molecule has 94 valence electrons. The van der Waals surface area contributed by atoms with Crippen molar-refractivity contribution in [2.75, 3.05) is 7.11 Å². The number of nitrogens with one attached hydrogen (secondary N) is 1. The van der Waals surface area contributed by atoms with Crippen molar-refractivity contribution < 1.29 is 9.53 Å². The van der Waals surface area contributed by atoms with Crippen molar-refractivity contribution >= 4 is 5.97 Å². The molecule has 0 spiro atoms. The van der Waals surface area contributed by atoms with Crippen LogP contribution in [0.3, 0.4) is 0 Å². The Morgan fingerprint density at radius 2 is 2.47 bits per heavy atom. The second-order valence-corrected chi connectivity index (χ2v) is 4.53. The van der Waals surface area contributed by atoms with Crippen molar-refractivity contribution in [3.8, 4) is 0 Å². The third kappa shape index (κ3) is 2.34. The molecule has 1 aromatic heterocycles. The molecule has 17 heavy (non-hydrogen) atoms. The molecule has 0 aromatic carbocycles. The van der Waals surface area contributed by atoms with Crippen LogP contribution in [0.5, 0.6) is 0 Å². The van der Waals surface area contributed by atoms with Crippen molar-refractivity contribution in [3.63, 3.8) is 0 Å². The minimum absolute atomic E-state index is 0.210. The Hall–Kier alpha value is -1.36. The van der Waals surface area contributed by atoms with E-state index in [0.29, 0.717) is 0 Å². The molecule has 2 rings (SSSR count). The fourth-order valence-corrected chi connectivity index (χ4v) is 2.43. The van der Waals surface area contributed by atoms with E-state index in [0.717, 1.165) is 19.3 Å². The van der Waals surface area contributed by atoms with E-state index in [1.165, 1.54) is 18.4 Å². The number of hydrogen-bond donors (Lipinski definition) is 1. The molecule has 0 amide bonds. The summed E-state index contributed by atoms with van der Waals surface area (Å²) >= 11 is 0. The summed E-state index contributed by atoms with van der Waals surface area (Å²) in [4.78, 5) is 11.4. The Kier molecular flexibility index (Phi) is 3.47. The summed E-state index contributed by atoms with van der Waals surface area (Å²) in [5.74, 6) is -0.221. The summed E-state index contributed by atoms with van der Waals surface area (Å²) in [6.07, 6.45) is 5.13. The zero-order chi connectivity index (χ0) is 12.4. The van der Waals surface area contributed by atoms with Gasteiger partial charge in [-0.05, 0) is 26.2 Å². The SMILES string of the molecule is COC(=O)[C@H](C)NC1CCCc2c1cnn2C. The molecule has 1 N–H and O–H groups in total. The molecule has 1 aliphatic rings. The Morgan fingerprint density at radius 3 is 3.18 bits per heavy atom. The lowest BCUT2D eigenvalue weighted by molar-refractivity contribution is -0.142. The second kappa shape index (κ2) is 4.87. The van der Waals surface area contributed by atoms with Gasteiger partial charge in [0.15, 0.2) is 0 Å². The Morgan fingerprint density at radius 1 is 1.71 bits per heavy atom. The molecule has 1 heterocycles. The minimum atomic E-state index is -0.281. The van der Waals surface area contributed by atoms with E-state index in [4.69, 9.17) is 4.74 Å². The van der Waals surface area contributed by atoms with Crippen molar-refractivity contribution in [1.29, 1.82) is 0 Å². The van der Waals surface area contributed by atoms with Crippen LogP contribution in [0.4, 0.5) is 0 Å². The number of ether oxygens (including phenoxy) is 1. The van der Waals surface area contributed by atoms with Crippen LogP contribution in [0.25, 0.3) is 0 Å². The standard InChI is InChI=1S/C12H19N3O2/c1-8(12(16)17-3)14-10-5-4-6-11-9(10)7-13-15(11)2/h7-8,10,14H,4-6H2,1-3H3/t8-,10?/m0/s1. The normalized spacial score (nSPS) is 20.8. The molecule has 1 unspecified atom stereocenters. The number of aryl methyl sites for hydroxylation is 1. The molecule has 0 fully saturated rings. The van der Waals surface area contributed by atoms with E-state index in [2.05, 4.69) is 10.4 Å². The number of carbonyl (C=O) groups is 1. The van der Waals surface area contributed by atoms with E-state index in [1.807, 2.05) is 24.9 Å². The molecule has 1 aromatic rings. The highest BCUT2D eigenvalue weighted by molar-refractivity contribution is 5.75. The van der Waals surface area contributed by atoms with Crippen LogP contribution in [-0.2, 0) is 23.0 Å². The van der Waals surface area contributed by atoms with Crippen LogP contribution in [0.1, 0.15) is 37.1 Å². The summed E-state index contributed by atoms with van der Waals surface area (Å²) in [7, 11) is 3.38. The average molecular weight is 237 g/mol. The van der Waals surface area contributed by atoms with Gasteiger partial charge in [0.25, 0.3) is 0 Å². The van der Waals surface area contributed by atoms with Crippen LogP contribution < -0.4 is 5.32 Å². The van der Waals surface area contributed by atoms with E-state index in [1.54, 1.807) is 0 Å². The highest BCUT2D eigenvalue weighted by Crippen LogP contribution is 2.29. The molecular formula is C12H19N3O2. The number of methoxy groups -OCH3 is 1. The molecule has 1 aliphatic carbocycles. The third-order valence-corrected chi connectivity index (χ3v) is 3.38. The largest absolute Gasteiger partial charge is 0.468 e. The maximum atomic E-state index is 11.4. The minimum Gasteiger partial charge on any atom is -0.468 e. The van der Waals surface area contributed by atoms with Crippen LogP contribution in [0.15, 0.2) is 6.20 Å². The van der Waals surface area contributed by atoms with Gasteiger partial charge in [-0.25, -0.2) is 0 Å². The summed E-state index contributed by atoms with van der Waals surface area (Å²) < 4.78 is 6.65. The highest BCUT2D eigenvalue weighted by atomic mass is 16.5. The highest BCUT2D eigenvalue weighted by Gasteiger charge is 2.26. The van der Waals surface area contributed by atoms with Crippen LogP contribution in [-0.4, -0.2) is 28.9 Å². The average Bonchev–Trinajstić information content (AvgIpc) is 2.71. The summed E-state index contributed by atoms with van der Waals surface area (Å²) in [5, 5.41) is 7.59. The number of fused-ring (bicyclic) bond motifs is 1. The summed E-state index contributed by atoms with van der Waals surface area (Å²) in [6.45, 7) is 1.83. The monoisotopic (exact) mass is 237 g/mol. The first-order valence-electron chi connectivity index (χ1n) is 5.98. The van der Waals surface area contributed by atoms with E-state index >= 15 is 0 Å². The van der Waals surface area contributed by atoms with Gasteiger partial charge in [0, 0.05) is 24.3 Å². The molecule has 0 radical (unpaired) electrons. The predicted molar refractivity (Wildman–Crippen MR) is 63.5 cm³/mol. The number of aromatic nitrogens is 2. The number of hydrogen-bond acceptors (Lipinski definition) is 4. The maximum absolute atomic E-state index is 11.4. The quantitative estimate of drug-likeness (QED) is 0.795. The van der Waals surface area contributed by atoms with Crippen LogP contribution in [0, 0.1) is 0 Å². The number of nitrogens with zero attached hydrogens (tertiary/aromatic N) is 2. The number of carbonyl (C=O) groups excluding carboxylic acids is 1. The van der Waals surface area contributed by atoms with E-state index < -0.39 is 0 Å². The van der Waals surface area contributed by atoms with Gasteiger partial charge in [-0.1, -0.05) is 0 Å². The molecule has 0 saturated heterocycles. The predicted octanol–water partition coefficient (Wildman–Crippen LogP) is 0.949. The van der Waals surface area contributed by atoms with Gasteiger partial charge in [0.05, 0.1) is 13.3 Å². The number of rotatable bonds is 3. The summed E-state index contributed by atoms with van der Waals surface area (Å²) in [5.41, 5.74) is 2.49. The Labute approximate surface area is 101 Å². The molecule has 0 saturated carbocycles. The lowest BCUT2D eigenvalue weighted by Gasteiger charge is -2.26. The first-order valence-corrected chi connectivity index (χ1v) is 5.98. The van der Waals surface area contributed by atoms with Crippen molar-refractivity contribution in [2.24, 2.45) is 7.05 Å². The zero-order valence-corrected chi connectivity index (χ0v) is 10.6.